The van der Waals surface area contributed by atoms with Gasteiger partial charge in [-0.2, -0.15) is 0 Å². The number of carbonyl (C=O) groups is 3. The largest absolute Gasteiger partial charge is 0.480 e. The van der Waals surface area contributed by atoms with Crippen molar-refractivity contribution < 1.29 is 19.5 Å². The van der Waals surface area contributed by atoms with Gasteiger partial charge in [0.25, 0.3) is 0 Å². The van der Waals surface area contributed by atoms with Gasteiger partial charge in [-0.1, -0.05) is 0 Å². The molecule has 1 atom stereocenters. The van der Waals surface area contributed by atoms with Crippen molar-refractivity contribution in [1.29, 1.82) is 0 Å². The summed E-state index contributed by atoms with van der Waals surface area (Å²) < 4.78 is 0. The number of thioether (sulfide) groups is 1. The Balaban J connectivity index is 2.28. The van der Waals surface area contributed by atoms with Gasteiger partial charge >= 0.3 is 5.97 Å². The first kappa shape index (κ1) is 12.0. The Morgan fingerprint density at radius 2 is 2.00 bits per heavy atom. The molecule has 84 valence electrons. The second-order valence-corrected chi connectivity index (χ2v) is 4.74. The van der Waals surface area contributed by atoms with Crippen molar-refractivity contribution in [3.05, 3.63) is 0 Å². The summed E-state index contributed by atoms with van der Waals surface area (Å²) in [6.45, 7) is 1.90. The van der Waals surface area contributed by atoms with E-state index in [1.165, 1.54) is 16.7 Å². The number of amides is 2. The molecule has 1 rings (SSSR count). The van der Waals surface area contributed by atoms with E-state index in [0.29, 0.717) is 12.3 Å². The van der Waals surface area contributed by atoms with Crippen molar-refractivity contribution in [3.8, 4) is 0 Å². The third kappa shape index (κ3) is 3.23. The van der Waals surface area contributed by atoms with Crippen molar-refractivity contribution in [1.82, 2.24) is 4.90 Å². The van der Waals surface area contributed by atoms with Crippen LogP contribution in [0.3, 0.4) is 0 Å². The van der Waals surface area contributed by atoms with Gasteiger partial charge in [0.1, 0.15) is 0 Å². The fraction of sp³-hybridized carbons (Fsp3) is 0.667. The number of hydrogen-bond acceptors (Lipinski definition) is 4. The van der Waals surface area contributed by atoms with Crippen LogP contribution in [0.15, 0.2) is 0 Å². The monoisotopic (exact) mass is 231 g/mol. The first-order chi connectivity index (χ1) is 7.02. The molecule has 1 aliphatic heterocycles. The van der Waals surface area contributed by atoms with Crippen molar-refractivity contribution in [2.75, 3.05) is 12.3 Å². The number of aliphatic carboxylic acids is 1. The summed E-state index contributed by atoms with van der Waals surface area (Å²) in [4.78, 5) is 34.0. The summed E-state index contributed by atoms with van der Waals surface area (Å²) in [5, 5.41) is 8.11. The van der Waals surface area contributed by atoms with Crippen LogP contribution in [-0.4, -0.2) is 45.3 Å². The van der Waals surface area contributed by atoms with Crippen LogP contribution in [0.25, 0.3) is 0 Å². The highest BCUT2D eigenvalue weighted by Gasteiger charge is 2.28. The minimum absolute atomic E-state index is 0.149. The lowest BCUT2D eigenvalue weighted by Gasteiger charge is -2.13. The lowest BCUT2D eigenvalue weighted by molar-refractivity contribution is -0.138. The summed E-state index contributed by atoms with van der Waals surface area (Å²) in [6, 6.07) is 0. The Hall–Kier alpha value is -1.04. The molecule has 0 spiro atoms. The molecule has 0 aromatic rings. The van der Waals surface area contributed by atoms with E-state index in [1.54, 1.807) is 6.92 Å². The van der Waals surface area contributed by atoms with Crippen LogP contribution in [0.2, 0.25) is 0 Å². The molecule has 0 saturated carbocycles. The summed E-state index contributed by atoms with van der Waals surface area (Å²) in [5.41, 5.74) is 0. The van der Waals surface area contributed by atoms with Crippen molar-refractivity contribution >= 4 is 29.5 Å². The summed E-state index contributed by atoms with van der Waals surface area (Å²) in [6.07, 6.45) is 0.579. The zero-order valence-corrected chi connectivity index (χ0v) is 9.25. The second-order valence-electron chi connectivity index (χ2n) is 3.29. The highest BCUT2D eigenvalue weighted by Crippen LogP contribution is 2.15. The first-order valence-electron chi connectivity index (χ1n) is 4.70. The lowest BCUT2D eigenvalue weighted by atomic mass is 10.4. The molecule has 0 bridgehead atoms. The van der Waals surface area contributed by atoms with Crippen LogP contribution in [0.4, 0.5) is 0 Å². The van der Waals surface area contributed by atoms with Gasteiger partial charge < -0.3 is 5.11 Å². The SMILES string of the molecule is CC(SCCN1C(=O)CCC1=O)C(=O)O. The van der Waals surface area contributed by atoms with Crippen LogP contribution in [0.5, 0.6) is 0 Å². The smallest absolute Gasteiger partial charge is 0.316 e. The Labute approximate surface area is 91.8 Å². The second kappa shape index (κ2) is 5.16. The van der Waals surface area contributed by atoms with Gasteiger partial charge in [-0.05, 0) is 6.92 Å². The molecular formula is C9H13NO4S. The molecule has 1 aliphatic rings. The van der Waals surface area contributed by atoms with Crippen LogP contribution < -0.4 is 0 Å². The highest BCUT2D eigenvalue weighted by atomic mass is 32.2. The first-order valence-corrected chi connectivity index (χ1v) is 5.75. The predicted molar refractivity (Wildman–Crippen MR) is 55.5 cm³/mol. The summed E-state index contributed by atoms with van der Waals surface area (Å²) in [5.74, 6) is -0.698. The Bertz CT molecular complexity index is 276. The average molecular weight is 231 g/mol. The van der Waals surface area contributed by atoms with E-state index in [1.807, 2.05) is 0 Å². The Morgan fingerprint density at radius 3 is 2.47 bits per heavy atom. The average Bonchev–Trinajstić information content (AvgIpc) is 2.48. The molecule has 6 heteroatoms. The quantitative estimate of drug-likeness (QED) is 0.691. The molecular weight excluding hydrogens is 218 g/mol. The molecule has 0 radical (unpaired) electrons. The summed E-state index contributed by atoms with van der Waals surface area (Å²) >= 11 is 1.23. The number of carbonyl (C=O) groups excluding carboxylic acids is 2. The van der Waals surface area contributed by atoms with Crippen molar-refractivity contribution in [2.24, 2.45) is 0 Å². The molecule has 0 aromatic heterocycles. The topological polar surface area (TPSA) is 74.7 Å². The van der Waals surface area contributed by atoms with Gasteiger partial charge in [-0.3, -0.25) is 19.3 Å². The zero-order chi connectivity index (χ0) is 11.4. The lowest BCUT2D eigenvalue weighted by Crippen LogP contribution is -2.31. The molecule has 1 N–H and O–H groups in total. The van der Waals surface area contributed by atoms with E-state index in [9.17, 15) is 14.4 Å². The fourth-order valence-electron chi connectivity index (χ4n) is 1.26. The molecule has 1 unspecified atom stereocenters. The van der Waals surface area contributed by atoms with Crippen LogP contribution in [0, 0.1) is 0 Å². The molecule has 2 amide bonds. The van der Waals surface area contributed by atoms with Crippen LogP contribution in [0.1, 0.15) is 19.8 Å². The number of nitrogens with zero attached hydrogens (tertiary/aromatic N) is 1. The van der Waals surface area contributed by atoms with Crippen LogP contribution >= 0.6 is 11.8 Å². The number of hydrogen-bond donors (Lipinski definition) is 1. The highest BCUT2D eigenvalue weighted by molar-refractivity contribution is 8.00. The molecule has 0 aliphatic carbocycles. The van der Waals surface area contributed by atoms with E-state index in [4.69, 9.17) is 5.11 Å². The van der Waals surface area contributed by atoms with Gasteiger partial charge in [0.2, 0.25) is 11.8 Å². The Morgan fingerprint density at radius 1 is 1.47 bits per heavy atom. The summed E-state index contributed by atoms with van der Waals surface area (Å²) in [7, 11) is 0. The normalized spacial score (nSPS) is 18.3. The molecule has 1 fully saturated rings. The van der Waals surface area contributed by atoms with E-state index in [2.05, 4.69) is 0 Å². The van der Waals surface area contributed by atoms with Crippen LogP contribution in [-0.2, 0) is 14.4 Å². The van der Waals surface area contributed by atoms with E-state index in [0.717, 1.165) is 0 Å². The predicted octanol–water partition coefficient (Wildman–Crippen LogP) is 0.342. The molecule has 1 saturated heterocycles. The number of rotatable bonds is 5. The fourth-order valence-corrected chi connectivity index (χ4v) is 2.05. The molecule has 1 heterocycles. The van der Waals surface area contributed by atoms with E-state index >= 15 is 0 Å². The minimum Gasteiger partial charge on any atom is -0.480 e. The minimum atomic E-state index is -0.876. The number of carboxylic acid groups (broad SMARTS) is 1. The van der Waals surface area contributed by atoms with E-state index < -0.39 is 11.2 Å². The third-order valence-electron chi connectivity index (χ3n) is 2.19. The van der Waals surface area contributed by atoms with Gasteiger partial charge in [-0.25, -0.2) is 0 Å². The maximum atomic E-state index is 11.2. The third-order valence-corrected chi connectivity index (χ3v) is 3.31. The standard InChI is InChI=1S/C9H13NO4S/c1-6(9(13)14)15-5-4-10-7(11)2-3-8(10)12/h6H,2-5H2,1H3,(H,13,14). The van der Waals surface area contributed by atoms with Gasteiger partial charge in [-0.15, -0.1) is 11.8 Å². The van der Waals surface area contributed by atoms with Crippen molar-refractivity contribution in [2.45, 2.75) is 25.0 Å². The molecule has 15 heavy (non-hydrogen) atoms. The Kier molecular flexibility index (Phi) is 4.14. The number of imide groups is 1. The maximum Gasteiger partial charge on any atom is 0.316 e. The van der Waals surface area contributed by atoms with E-state index in [-0.39, 0.29) is 24.7 Å². The molecule has 0 aromatic carbocycles. The maximum absolute atomic E-state index is 11.2. The number of likely N-dealkylation sites (tertiary alicyclic amines) is 1. The number of carboxylic acids is 1. The van der Waals surface area contributed by atoms with Gasteiger partial charge in [0.05, 0.1) is 5.25 Å². The van der Waals surface area contributed by atoms with Gasteiger partial charge in [0, 0.05) is 25.1 Å². The van der Waals surface area contributed by atoms with Crippen molar-refractivity contribution in [3.63, 3.8) is 0 Å². The zero-order valence-electron chi connectivity index (χ0n) is 8.43. The van der Waals surface area contributed by atoms with Gasteiger partial charge in [0.15, 0.2) is 0 Å². The molecule has 5 nitrogen and oxygen atoms in total.